The van der Waals surface area contributed by atoms with Gasteiger partial charge in [-0.15, -0.1) is 11.3 Å². The Balaban J connectivity index is 1.25. The highest BCUT2D eigenvalue weighted by Crippen LogP contribution is 2.38. The van der Waals surface area contributed by atoms with Gasteiger partial charge in [-0.3, -0.25) is 14.5 Å². The fourth-order valence-corrected chi connectivity index (χ4v) is 6.64. The zero-order chi connectivity index (χ0) is 26.9. The van der Waals surface area contributed by atoms with Gasteiger partial charge in [-0.1, -0.05) is 57.2 Å². The van der Waals surface area contributed by atoms with Crippen LogP contribution in [0, 0.1) is 6.92 Å². The molecule has 6 heteroatoms. The maximum atomic E-state index is 13.6. The van der Waals surface area contributed by atoms with Gasteiger partial charge in [0.2, 0.25) is 5.91 Å². The van der Waals surface area contributed by atoms with Crippen LogP contribution in [0.25, 0.3) is 0 Å². The molecule has 2 amide bonds. The van der Waals surface area contributed by atoms with Gasteiger partial charge in [0, 0.05) is 43.2 Å². The van der Waals surface area contributed by atoms with Gasteiger partial charge in [0.05, 0.1) is 12.6 Å². The maximum absolute atomic E-state index is 13.6. The number of hydrogen-bond acceptors (Lipinski definition) is 4. The number of thiophene rings is 1. The number of nitrogens with zero attached hydrogens (tertiary/aromatic N) is 3. The fourth-order valence-electron chi connectivity index (χ4n) is 5.74. The Morgan fingerprint density at radius 3 is 2.32 bits per heavy atom. The molecule has 0 aliphatic carbocycles. The van der Waals surface area contributed by atoms with Crippen molar-refractivity contribution in [2.24, 2.45) is 0 Å². The van der Waals surface area contributed by atoms with E-state index < -0.39 is 0 Å². The average Bonchev–Trinajstić information content (AvgIpc) is 3.24. The standard InChI is InChI=1S/C32H39N3O2S/c1-23-8-5-6-9-26(23)30-27-15-21-38-28(27)14-18-35(30)22-29(36)33-16-7-17-34(20-19-33)31(37)24-10-12-25(13-11-24)32(2,3)4/h5-6,8-13,15,21,30H,7,14,16-20,22H2,1-4H3/t30-/m0/s1. The summed E-state index contributed by atoms with van der Waals surface area (Å²) >= 11 is 1.82. The van der Waals surface area contributed by atoms with Crippen molar-refractivity contribution in [3.05, 3.63) is 92.7 Å². The number of carbonyl (C=O) groups excluding carboxylic acids is 2. The largest absolute Gasteiger partial charge is 0.340 e. The topological polar surface area (TPSA) is 43.9 Å². The van der Waals surface area contributed by atoms with Crippen LogP contribution in [-0.4, -0.2) is 65.8 Å². The molecule has 1 aromatic heterocycles. The number of amides is 2. The van der Waals surface area contributed by atoms with Gasteiger partial charge in [-0.2, -0.15) is 0 Å². The van der Waals surface area contributed by atoms with E-state index in [2.05, 4.69) is 80.4 Å². The molecule has 5 nitrogen and oxygen atoms in total. The zero-order valence-corrected chi connectivity index (χ0v) is 23.9. The second kappa shape index (κ2) is 11.0. The molecule has 2 aliphatic heterocycles. The molecule has 0 N–H and O–H groups in total. The molecule has 1 fully saturated rings. The first-order chi connectivity index (χ1) is 18.2. The first kappa shape index (κ1) is 26.6. The molecule has 2 aromatic carbocycles. The van der Waals surface area contributed by atoms with Crippen LogP contribution in [0.5, 0.6) is 0 Å². The van der Waals surface area contributed by atoms with Crippen molar-refractivity contribution >= 4 is 23.2 Å². The average molecular weight is 530 g/mol. The number of hydrogen-bond donors (Lipinski definition) is 0. The van der Waals surface area contributed by atoms with Gasteiger partial charge >= 0.3 is 0 Å². The number of aryl methyl sites for hydroxylation is 1. The summed E-state index contributed by atoms with van der Waals surface area (Å²) in [4.78, 5) is 34.5. The van der Waals surface area contributed by atoms with E-state index in [1.165, 1.54) is 27.1 Å². The molecule has 2 aliphatic rings. The van der Waals surface area contributed by atoms with E-state index >= 15 is 0 Å². The molecule has 5 rings (SSSR count). The lowest BCUT2D eigenvalue weighted by atomic mass is 9.86. The molecule has 0 saturated carbocycles. The summed E-state index contributed by atoms with van der Waals surface area (Å²) in [7, 11) is 0. The van der Waals surface area contributed by atoms with Crippen LogP contribution in [0.15, 0.2) is 60.0 Å². The van der Waals surface area contributed by atoms with Crippen molar-refractivity contribution in [3.63, 3.8) is 0 Å². The minimum Gasteiger partial charge on any atom is -0.340 e. The summed E-state index contributed by atoms with van der Waals surface area (Å²) in [5.41, 5.74) is 5.88. The Morgan fingerprint density at radius 1 is 0.868 bits per heavy atom. The van der Waals surface area contributed by atoms with Gasteiger partial charge in [-0.05, 0) is 71.0 Å². The minimum atomic E-state index is 0.0559. The van der Waals surface area contributed by atoms with Crippen LogP contribution in [-0.2, 0) is 16.6 Å². The Bertz CT molecular complexity index is 1290. The lowest BCUT2D eigenvalue weighted by Gasteiger charge is -2.37. The quantitative estimate of drug-likeness (QED) is 0.437. The van der Waals surface area contributed by atoms with E-state index in [-0.39, 0.29) is 23.3 Å². The zero-order valence-electron chi connectivity index (χ0n) is 23.1. The van der Waals surface area contributed by atoms with Crippen molar-refractivity contribution in [1.82, 2.24) is 14.7 Å². The molecule has 38 heavy (non-hydrogen) atoms. The Hall–Kier alpha value is -2.96. The van der Waals surface area contributed by atoms with Crippen molar-refractivity contribution in [1.29, 1.82) is 0 Å². The third kappa shape index (κ3) is 5.57. The normalized spacial score (nSPS) is 18.7. The van der Waals surface area contributed by atoms with Crippen LogP contribution in [0.1, 0.15) is 70.7 Å². The highest BCUT2D eigenvalue weighted by molar-refractivity contribution is 7.10. The molecular weight excluding hydrogens is 490 g/mol. The van der Waals surface area contributed by atoms with Crippen molar-refractivity contribution in [3.8, 4) is 0 Å². The first-order valence-corrected chi connectivity index (χ1v) is 14.6. The predicted octanol–water partition coefficient (Wildman–Crippen LogP) is 5.68. The number of benzene rings is 2. The number of rotatable bonds is 4. The van der Waals surface area contributed by atoms with Crippen LogP contribution >= 0.6 is 11.3 Å². The highest BCUT2D eigenvalue weighted by Gasteiger charge is 2.33. The van der Waals surface area contributed by atoms with E-state index in [1.807, 2.05) is 33.3 Å². The van der Waals surface area contributed by atoms with Gasteiger partial charge in [0.1, 0.15) is 0 Å². The highest BCUT2D eigenvalue weighted by atomic mass is 32.1. The van der Waals surface area contributed by atoms with Gasteiger partial charge < -0.3 is 9.80 Å². The molecule has 0 bridgehead atoms. The van der Waals surface area contributed by atoms with Crippen molar-refractivity contribution < 1.29 is 9.59 Å². The molecule has 0 spiro atoms. The summed E-state index contributed by atoms with van der Waals surface area (Å²) in [6, 6.07) is 18.9. The molecule has 200 valence electrons. The number of fused-ring (bicyclic) bond motifs is 1. The summed E-state index contributed by atoms with van der Waals surface area (Å²) < 4.78 is 0. The van der Waals surface area contributed by atoms with E-state index in [0.717, 1.165) is 24.9 Å². The van der Waals surface area contributed by atoms with Crippen LogP contribution < -0.4 is 0 Å². The first-order valence-electron chi connectivity index (χ1n) is 13.8. The van der Waals surface area contributed by atoms with E-state index in [0.29, 0.717) is 32.7 Å². The minimum absolute atomic E-state index is 0.0559. The van der Waals surface area contributed by atoms with Crippen LogP contribution in [0.4, 0.5) is 0 Å². The maximum Gasteiger partial charge on any atom is 0.253 e. The van der Waals surface area contributed by atoms with Gasteiger partial charge in [0.15, 0.2) is 0 Å². The van der Waals surface area contributed by atoms with Crippen molar-refractivity contribution in [2.45, 2.75) is 52.0 Å². The number of carbonyl (C=O) groups is 2. The smallest absolute Gasteiger partial charge is 0.253 e. The second-order valence-corrected chi connectivity index (χ2v) is 12.6. The van der Waals surface area contributed by atoms with Crippen molar-refractivity contribution in [2.75, 3.05) is 39.3 Å². The van der Waals surface area contributed by atoms with E-state index in [9.17, 15) is 9.59 Å². The van der Waals surface area contributed by atoms with Crippen LogP contribution in [0.2, 0.25) is 0 Å². The lowest BCUT2D eigenvalue weighted by Crippen LogP contribution is -2.45. The fraction of sp³-hybridized carbons (Fsp3) is 0.438. The molecule has 0 unspecified atom stereocenters. The summed E-state index contributed by atoms with van der Waals surface area (Å²) in [6.07, 6.45) is 1.78. The van der Waals surface area contributed by atoms with Gasteiger partial charge in [0.25, 0.3) is 5.91 Å². The Kier molecular flexibility index (Phi) is 7.73. The molecular formula is C32H39N3O2S. The monoisotopic (exact) mass is 529 g/mol. The third-order valence-electron chi connectivity index (χ3n) is 8.02. The lowest BCUT2D eigenvalue weighted by molar-refractivity contribution is -0.132. The SMILES string of the molecule is Cc1ccccc1[C@H]1c2ccsc2CCN1CC(=O)N1CCCN(C(=O)c2ccc(C(C)(C)C)cc2)CC1. The van der Waals surface area contributed by atoms with Crippen LogP contribution in [0.3, 0.4) is 0 Å². The third-order valence-corrected chi connectivity index (χ3v) is 9.02. The molecule has 3 aromatic rings. The van der Waals surface area contributed by atoms with E-state index in [4.69, 9.17) is 0 Å². The Morgan fingerprint density at radius 2 is 1.58 bits per heavy atom. The summed E-state index contributed by atoms with van der Waals surface area (Å²) in [5, 5.41) is 2.18. The molecule has 0 radical (unpaired) electrons. The second-order valence-electron chi connectivity index (χ2n) is 11.6. The predicted molar refractivity (Wildman–Crippen MR) is 155 cm³/mol. The van der Waals surface area contributed by atoms with E-state index in [1.54, 1.807) is 0 Å². The Labute approximate surface area is 231 Å². The molecule has 1 atom stereocenters. The van der Waals surface area contributed by atoms with Gasteiger partial charge in [-0.25, -0.2) is 0 Å². The molecule has 1 saturated heterocycles. The molecule has 3 heterocycles. The summed E-state index contributed by atoms with van der Waals surface area (Å²) in [5.74, 6) is 0.214. The summed E-state index contributed by atoms with van der Waals surface area (Å²) in [6.45, 7) is 12.5.